The van der Waals surface area contributed by atoms with Gasteiger partial charge in [-0.3, -0.25) is 0 Å². The molecule has 0 bridgehead atoms. The van der Waals surface area contributed by atoms with Gasteiger partial charge < -0.3 is 48.2 Å². The average molecular weight is 493 g/mol. The van der Waals surface area contributed by atoms with Crippen LogP contribution in [-0.4, -0.2) is 97.4 Å². The number of Topliss-reactive ketones (excluding diaryl/α,β-unsaturated/α-hetero) is 2. The number of hydrogen-bond donors (Lipinski definition) is 2. The summed E-state index contributed by atoms with van der Waals surface area (Å²) >= 11 is 0. The third-order valence-corrected chi connectivity index (χ3v) is 5.33. The first kappa shape index (κ1) is 31.1. The maximum Gasteiger partial charge on any atom is 0.166 e. The Kier molecular flexibility index (Phi) is 13.9. The lowest BCUT2D eigenvalue weighted by atomic mass is 10.1. The number of carbonyl (C=O) groups is 2. The van der Waals surface area contributed by atoms with E-state index in [1.165, 1.54) is 0 Å². The third-order valence-electron chi connectivity index (χ3n) is 5.33. The highest BCUT2D eigenvalue weighted by molar-refractivity contribution is 5.75. The zero-order valence-corrected chi connectivity index (χ0v) is 21.5. The van der Waals surface area contributed by atoms with Gasteiger partial charge in [-0.15, -0.1) is 0 Å². The second-order valence-electron chi connectivity index (χ2n) is 9.49. The van der Waals surface area contributed by atoms with E-state index in [-0.39, 0.29) is 36.5 Å². The molecule has 2 fully saturated rings. The molecule has 34 heavy (non-hydrogen) atoms. The molecule has 0 aromatic rings. The van der Waals surface area contributed by atoms with Crippen LogP contribution in [0.5, 0.6) is 0 Å². The van der Waals surface area contributed by atoms with E-state index in [4.69, 9.17) is 38.6 Å². The molecule has 2 saturated heterocycles. The fourth-order valence-corrected chi connectivity index (χ4v) is 3.31. The van der Waals surface area contributed by atoms with Gasteiger partial charge in [0.25, 0.3) is 0 Å². The Bertz CT molecular complexity index is 613. The zero-order chi connectivity index (χ0) is 25.8. The van der Waals surface area contributed by atoms with E-state index in [1.807, 2.05) is 13.8 Å². The summed E-state index contributed by atoms with van der Waals surface area (Å²) in [4.78, 5) is 21.8. The molecule has 0 spiro atoms. The summed E-state index contributed by atoms with van der Waals surface area (Å²) in [6.45, 7) is 12.3. The van der Waals surface area contributed by atoms with Crippen LogP contribution < -0.4 is 0 Å². The van der Waals surface area contributed by atoms with Crippen molar-refractivity contribution in [3.05, 3.63) is 0 Å². The van der Waals surface area contributed by atoms with Crippen molar-refractivity contribution < 1.29 is 48.2 Å². The Morgan fingerprint density at radius 1 is 0.941 bits per heavy atom. The molecule has 0 aromatic heterocycles. The summed E-state index contributed by atoms with van der Waals surface area (Å²) in [5.41, 5.74) is 0. The smallest absolute Gasteiger partial charge is 0.166 e. The molecule has 10 heteroatoms. The zero-order valence-electron chi connectivity index (χ0n) is 21.5. The molecule has 10 nitrogen and oxygen atoms in total. The summed E-state index contributed by atoms with van der Waals surface area (Å²) in [5, 5.41) is 17.9. The molecular formula is C24H44O10. The molecule has 0 saturated carbocycles. The van der Waals surface area contributed by atoms with Crippen molar-refractivity contribution >= 4 is 11.6 Å². The largest absolute Gasteiger partial charge is 0.394 e. The van der Waals surface area contributed by atoms with E-state index < -0.39 is 17.7 Å². The normalized spacial score (nSPS) is 30.5. The summed E-state index contributed by atoms with van der Waals surface area (Å²) in [6, 6.07) is 0. The fraction of sp³-hybridized carbons (Fsp3) is 0.917. The van der Waals surface area contributed by atoms with Crippen molar-refractivity contribution in [2.45, 2.75) is 103 Å². The molecular weight excluding hydrogens is 448 g/mol. The highest BCUT2D eigenvalue weighted by Gasteiger charge is 2.38. The average Bonchev–Trinajstić information content (AvgIpc) is 3.33. The lowest BCUT2D eigenvalue weighted by Crippen LogP contribution is -2.29. The first-order valence-electron chi connectivity index (χ1n) is 12.0. The van der Waals surface area contributed by atoms with Gasteiger partial charge in [-0.1, -0.05) is 0 Å². The third kappa shape index (κ3) is 13.2. The van der Waals surface area contributed by atoms with Crippen molar-refractivity contribution in [2.75, 3.05) is 39.6 Å². The van der Waals surface area contributed by atoms with E-state index in [0.29, 0.717) is 58.7 Å². The summed E-state index contributed by atoms with van der Waals surface area (Å²) < 4.78 is 33.2. The maximum atomic E-state index is 10.9. The van der Waals surface area contributed by atoms with Crippen LogP contribution in [0.25, 0.3) is 0 Å². The van der Waals surface area contributed by atoms with Crippen molar-refractivity contribution in [2.24, 2.45) is 0 Å². The second-order valence-corrected chi connectivity index (χ2v) is 9.49. The monoisotopic (exact) mass is 492 g/mol. The number of rotatable bonds is 14. The van der Waals surface area contributed by atoms with Crippen LogP contribution in [0.2, 0.25) is 0 Å². The van der Waals surface area contributed by atoms with E-state index in [1.54, 1.807) is 27.7 Å². The van der Waals surface area contributed by atoms with Crippen molar-refractivity contribution in [1.29, 1.82) is 0 Å². The molecule has 0 amide bonds. The van der Waals surface area contributed by atoms with Crippen LogP contribution >= 0.6 is 0 Å². The van der Waals surface area contributed by atoms with Gasteiger partial charge in [0.15, 0.2) is 11.6 Å². The number of carbonyl (C=O) groups excluding carboxylic acids is 2. The van der Waals surface area contributed by atoms with Gasteiger partial charge in [0.2, 0.25) is 0 Å². The van der Waals surface area contributed by atoms with Gasteiger partial charge in [0.1, 0.15) is 23.8 Å². The van der Waals surface area contributed by atoms with E-state index >= 15 is 0 Å². The minimum absolute atomic E-state index is 0.00478. The lowest BCUT2D eigenvalue weighted by Gasteiger charge is -2.23. The quantitative estimate of drug-likeness (QED) is 0.370. The number of ether oxygens (including phenoxy) is 6. The molecule has 2 heterocycles. The van der Waals surface area contributed by atoms with E-state index in [2.05, 4.69) is 0 Å². The van der Waals surface area contributed by atoms with Gasteiger partial charge in [0, 0.05) is 25.7 Å². The standard InChI is InChI=1S/2C12H22O5/c1-9(13)4-5-12(3)16-8-11(17-12)7-15-6-10(2)14;1-9(14)4-5-12(3)16-8-11(17-12)7-15-10(2)6-13/h10-11,14H,4-8H2,1-3H3;10-11,13H,4-8H2,1-3H3. The lowest BCUT2D eigenvalue weighted by molar-refractivity contribution is -0.168. The van der Waals surface area contributed by atoms with E-state index in [9.17, 15) is 9.59 Å². The first-order valence-corrected chi connectivity index (χ1v) is 12.0. The fourth-order valence-electron chi connectivity index (χ4n) is 3.31. The number of hydrogen-bond acceptors (Lipinski definition) is 10. The summed E-state index contributed by atoms with van der Waals surface area (Å²) in [7, 11) is 0. The molecule has 0 radical (unpaired) electrons. The van der Waals surface area contributed by atoms with Gasteiger partial charge in [-0.2, -0.15) is 0 Å². The Hall–Kier alpha value is -0.980. The van der Waals surface area contributed by atoms with Gasteiger partial charge in [-0.05, 0) is 41.5 Å². The molecule has 200 valence electrons. The predicted octanol–water partition coefficient (Wildman–Crippen LogP) is 1.77. The Labute approximate surface area is 203 Å². The van der Waals surface area contributed by atoms with Crippen LogP contribution in [0.15, 0.2) is 0 Å². The number of aliphatic hydroxyl groups is 2. The van der Waals surface area contributed by atoms with Gasteiger partial charge in [0.05, 0.1) is 51.8 Å². The van der Waals surface area contributed by atoms with Crippen LogP contribution in [0, 0.1) is 0 Å². The van der Waals surface area contributed by atoms with E-state index in [0.717, 1.165) is 0 Å². The van der Waals surface area contributed by atoms with Crippen LogP contribution in [0.3, 0.4) is 0 Å². The Morgan fingerprint density at radius 2 is 1.41 bits per heavy atom. The van der Waals surface area contributed by atoms with Gasteiger partial charge >= 0.3 is 0 Å². The minimum Gasteiger partial charge on any atom is -0.394 e. The maximum absolute atomic E-state index is 10.9. The molecule has 2 rings (SSSR count). The predicted molar refractivity (Wildman–Crippen MR) is 123 cm³/mol. The minimum atomic E-state index is -0.678. The topological polar surface area (TPSA) is 130 Å². The van der Waals surface area contributed by atoms with Crippen molar-refractivity contribution in [3.8, 4) is 0 Å². The van der Waals surface area contributed by atoms with Crippen molar-refractivity contribution in [1.82, 2.24) is 0 Å². The molecule has 0 aromatic carbocycles. The second kappa shape index (κ2) is 15.2. The molecule has 6 atom stereocenters. The highest BCUT2D eigenvalue weighted by Crippen LogP contribution is 2.29. The number of aliphatic hydroxyl groups excluding tert-OH is 2. The Morgan fingerprint density at radius 3 is 1.82 bits per heavy atom. The molecule has 2 N–H and O–H groups in total. The van der Waals surface area contributed by atoms with Crippen LogP contribution in [0.1, 0.15) is 67.2 Å². The molecule has 0 aliphatic carbocycles. The van der Waals surface area contributed by atoms with Gasteiger partial charge in [-0.25, -0.2) is 0 Å². The van der Waals surface area contributed by atoms with Crippen molar-refractivity contribution in [3.63, 3.8) is 0 Å². The van der Waals surface area contributed by atoms with Crippen LogP contribution in [-0.2, 0) is 38.0 Å². The summed E-state index contributed by atoms with van der Waals surface area (Å²) in [5.74, 6) is -1.09. The molecule has 6 unspecified atom stereocenters. The first-order chi connectivity index (χ1) is 15.9. The van der Waals surface area contributed by atoms with Crippen LogP contribution in [0.4, 0.5) is 0 Å². The summed E-state index contributed by atoms with van der Waals surface area (Å²) in [6.07, 6.45) is 1.13. The Balaban J connectivity index is 0.000000340. The SMILES string of the molecule is CC(=O)CCC1(C)OCC(COC(C)CO)O1.CC(=O)CCC1(C)OCC(COCC(C)O)O1. The molecule has 2 aliphatic rings. The number of ketones is 2. The molecule has 2 aliphatic heterocycles. The highest BCUT2D eigenvalue weighted by atomic mass is 16.8.